The second-order valence-electron chi connectivity index (χ2n) is 6.26. The largest absolute Gasteiger partial charge is 0.485 e. The number of H-pyrrole nitrogens is 1. The Hall–Kier alpha value is -3.28. The number of aromatic amines is 1. The minimum atomic E-state index is -0.705. The number of rotatable bonds is 3. The number of nitrogens with zero attached hydrogens (tertiary/aromatic N) is 1. The second kappa shape index (κ2) is 6.55. The number of carbonyl (C=O) groups is 1. The minimum absolute atomic E-state index is 0.163. The number of nitrogens with one attached hydrogen (secondary N) is 1. The molecule has 6 heteroatoms. The molecule has 1 aromatic heterocycles. The van der Waals surface area contributed by atoms with E-state index in [0.29, 0.717) is 18.0 Å². The van der Waals surface area contributed by atoms with E-state index in [1.165, 1.54) is 6.07 Å². The Morgan fingerprint density at radius 3 is 2.73 bits per heavy atom. The van der Waals surface area contributed by atoms with Crippen molar-refractivity contribution in [1.82, 2.24) is 9.88 Å². The average Bonchev–Trinajstić information content (AvgIpc) is 2.66. The topological polar surface area (TPSA) is 71.6 Å². The van der Waals surface area contributed by atoms with E-state index in [2.05, 4.69) is 4.98 Å². The molecule has 0 radical (unpaired) electrons. The van der Waals surface area contributed by atoms with Crippen molar-refractivity contribution in [2.45, 2.75) is 12.6 Å². The zero-order valence-electron chi connectivity index (χ0n) is 14.3. The number of likely N-dealkylation sites (N-methyl/N-ethyl adjacent to an activating group) is 1. The van der Waals surface area contributed by atoms with Crippen LogP contribution in [0.1, 0.15) is 5.56 Å². The van der Waals surface area contributed by atoms with E-state index in [1.807, 2.05) is 42.5 Å². The van der Waals surface area contributed by atoms with Crippen molar-refractivity contribution in [3.63, 3.8) is 0 Å². The molecule has 0 fully saturated rings. The maximum atomic E-state index is 12.8. The molecule has 132 valence electrons. The summed E-state index contributed by atoms with van der Waals surface area (Å²) >= 11 is 0. The van der Waals surface area contributed by atoms with Crippen LogP contribution in [0.2, 0.25) is 0 Å². The highest BCUT2D eigenvalue weighted by Crippen LogP contribution is 2.31. The normalized spacial score (nSPS) is 15.7. The van der Waals surface area contributed by atoms with Crippen LogP contribution in [0.15, 0.2) is 59.4 Å². The van der Waals surface area contributed by atoms with Gasteiger partial charge in [0.1, 0.15) is 6.61 Å². The Morgan fingerprint density at radius 1 is 1.15 bits per heavy atom. The highest BCUT2D eigenvalue weighted by atomic mass is 16.6. The SMILES string of the molecule is CN(Cc1cc(=O)[nH]c2ccccc12)C(=O)C1COc2ccccc2O1. The van der Waals surface area contributed by atoms with Gasteiger partial charge in [0.15, 0.2) is 11.5 Å². The first-order chi connectivity index (χ1) is 12.6. The van der Waals surface area contributed by atoms with Crippen molar-refractivity contribution in [2.75, 3.05) is 13.7 Å². The lowest BCUT2D eigenvalue weighted by Gasteiger charge is -2.29. The molecule has 0 aliphatic carbocycles. The number of aromatic nitrogens is 1. The van der Waals surface area contributed by atoms with Crippen LogP contribution in [-0.4, -0.2) is 35.5 Å². The smallest absolute Gasteiger partial charge is 0.267 e. The molecule has 1 aliphatic rings. The zero-order valence-corrected chi connectivity index (χ0v) is 14.3. The van der Waals surface area contributed by atoms with Gasteiger partial charge in [0.2, 0.25) is 11.7 Å². The lowest BCUT2D eigenvalue weighted by atomic mass is 10.1. The van der Waals surface area contributed by atoms with E-state index in [4.69, 9.17) is 9.47 Å². The molecule has 0 spiro atoms. The summed E-state index contributed by atoms with van der Waals surface area (Å²) in [6.07, 6.45) is -0.705. The molecule has 1 N–H and O–H groups in total. The Labute approximate surface area is 150 Å². The van der Waals surface area contributed by atoms with Gasteiger partial charge in [-0.1, -0.05) is 30.3 Å². The molecule has 26 heavy (non-hydrogen) atoms. The lowest BCUT2D eigenvalue weighted by Crippen LogP contribution is -2.44. The van der Waals surface area contributed by atoms with Crippen LogP contribution >= 0.6 is 0 Å². The molecule has 0 bridgehead atoms. The highest BCUT2D eigenvalue weighted by molar-refractivity contribution is 5.84. The number of fused-ring (bicyclic) bond motifs is 2. The number of ether oxygens (including phenoxy) is 2. The van der Waals surface area contributed by atoms with Crippen LogP contribution in [0, 0.1) is 0 Å². The van der Waals surface area contributed by atoms with Gasteiger partial charge in [-0.25, -0.2) is 0 Å². The molecule has 6 nitrogen and oxygen atoms in total. The van der Waals surface area contributed by atoms with Crippen LogP contribution in [0.5, 0.6) is 11.5 Å². The lowest BCUT2D eigenvalue weighted by molar-refractivity contribution is -0.140. The van der Waals surface area contributed by atoms with Crippen molar-refractivity contribution in [2.24, 2.45) is 0 Å². The molecule has 1 amide bonds. The highest BCUT2D eigenvalue weighted by Gasteiger charge is 2.29. The Kier molecular flexibility index (Phi) is 4.08. The van der Waals surface area contributed by atoms with Gasteiger partial charge in [0.05, 0.1) is 0 Å². The summed E-state index contributed by atoms with van der Waals surface area (Å²) in [4.78, 5) is 29.0. The summed E-state index contributed by atoms with van der Waals surface area (Å²) in [5, 5.41) is 0.915. The maximum Gasteiger partial charge on any atom is 0.267 e. The fourth-order valence-corrected chi connectivity index (χ4v) is 3.13. The van der Waals surface area contributed by atoms with Crippen molar-refractivity contribution in [3.8, 4) is 11.5 Å². The van der Waals surface area contributed by atoms with Crippen molar-refractivity contribution in [3.05, 3.63) is 70.5 Å². The molecule has 0 saturated carbocycles. The van der Waals surface area contributed by atoms with E-state index in [-0.39, 0.29) is 18.1 Å². The first kappa shape index (κ1) is 16.2. The molecule has 4 rings (SSSR count). The third-order valence-corrected chi connectivity index (χ3v) is 4.40. The summed E-state index contributed by atoms with van der Waals surface area (Å²) in [5.41, 5.74) is 1.35. The summed E-state index contributed by atoms with van der Waals surface area (Å²) in [5.74, 6) is 1.01. The minimum Gasteiger partial charge on any atom is -0.485 e. The van der Waals surface area contributed by atoms with Crippen LogP contribution in [-0.2, 0) is 11.3 Å². The van der Waals surface area contributed by atoms with Crippen molar-refractivity contribution < 1.29 is 14.3 Å². The molecular formula is C20H18N2O4. The van der Waals surface area contributed by atoms with Gasteiger partial charge < -0.3 is 19.4 Å². The Balaban J connectivity index is 1.55. The van der Waals surface area contributed by atoms with Crippen LogP contribution in [0.3, 0.4) is 0 Å². The predicted octanol–water partition coefficient (Wildman–Crippen LogP) is 2.33. The van der Waals surface area contributed by atoms with E-state index in [1.54, 1.807) is 18.0 Å². The number of benzene rings is 2. The third kappa shape index (κ3) is 3.01. The van der Waals surface area contributed by atoms with Crippen LogP contribution < -0.4 is 15.0 Å². The molecule has 1 atom stereocenters. The Bertz CT molecular complexity index is 1030. The Morgan fingerprint density at radius 2 is 1.88 bits per heavy atom. The van der Waals surface area contributed by atoms with E-state index in [9.17, 15) is 9.59 Å². The number of hydrogen-bond acceptors (Lipinski definition) is 4. The maximum absolute atomic E-state index is 12.8. The van der Waals surface area contributed by atoms with Gasteiger partial charge in [-0.2, -0.15) is 0 Å². The zero-order chi connectivity index (χ0) is 18.1. The van der Waals surface area contributed by atoms with Gasteiger partial charge >= 0.3 is 0 Å². The molecule has 2 heterocycles. The summed E-state index contributed by atoms with van der Waals surface area (Å²) in [6.45, 7) is 0.473. The van der Waals surface area contributed by atoms with Crippen LogP contribution in [0.25, 0.3) is 10.9 Å². The third-order valence-electron chi connectivity index (χ3n) is 4.40. The molecular weight excluding hydrogens is 332 g/mol. The summed E-state index contributed by atoms with van der Waals surface area (Å²) < 4.78 is 11.4. The fourth-order valence-electron chi connectivity index (χ4n) is 3.13. The van der Waals surface area contributed by atoms with E-state index in [0.717, 1.165) is 16.5 Å². The van der Waals surface area contributed by atoms with Gasteiger partial charge in [0, 0.05) is 30.6 Å². The predicted molar refractivity (Wildman–Crippen MR) is 97.4 cm³/mol. The molecule has 0 saturated heterocycles. The van der Waals surface area contributed by atoms with Gasteiger partial charge in [-0.3, -0.25) is 9.59 Å². The van der Waals surface area contributed by atoms with Crippen molar-refractivity contribution >= 4 is 16.8 Å². The molecule has 1 unspecified atom stereocenters. The van der Waals surface area contributed by atoms with Gasteiger partial charge in [-0.15, -0.1) is 0 Å². The van der Waals surface area contributed by atoms with Crippen LogP contribution in [0.4, 0.5) is 0 Å². The number of pyridine rings is 1. The first-order valence-electron chi connectivity index (χ1n) is 8.36. The number of para-hydroxylation sites is 3. The summed E-state index contributed by atoms with van der Waals surface area (Å²) in [6, 6.07) is 16.3. The molecule has 3 aromatic rings. The number of amides is 1. The molecule has 1 aliphatic heterocycles. The van der Waals surface area contributed by atoms with Gasteiger partial charge in [-0.05, 0) is 23.8 Å². The number of carbonyl (C=O) groups excluding carboxylic acids is 1. The first-order valence-corrected chi connectivity index (χ1v) is 8.36. The second-order valence-corrected chi connectivity index (χ2v) is 6.26. The average molecular weight is 350 g/mol. The summed E-state index contributed by atoms with van der Waals surface area (Å²) in [7, 11) is 1.70. The standard InChI is InChI=1S/C20H18N2O4/c1-22(11-13-10-19(23)21-15-7-3-2-6-14(13)15)20(24)18-12-25-16-8-4-5-9-17(16)26-18/h2-10,18H,11-12H2,1H3,(H,21,23). The fraction of sp³-hybridized carbons (Fsp3) is 0.200. The quantitative estimate of drug-likeness (QED) is 0.787. The molecule has 2 aromatic carbocycles. The van der Waals surface area contributed by atoms with Gasteiger partial charge in [0.25, 0.3) is 5.91 Å². The van der Waals surface area contributed by atoms with E-state index < -0.39 is 6.10 Å². The van der Waals surface area contributed by atoms with E-state index >= 15 is 0 Å². The van der Waals surface area contributed by atoms with Crippen molar-refractivity contribution in [1.29, 1.82) is 0 Å². The number of hydrogen-bond donors (Lipinski definition) is 1. The monoisotopic (exact) mass is 350 g/mol.